The number of benzene rings is 2. The highest BCUT2D eigenvalue weighted by Crippen LogP contribution is 2.30. The zero-order valence-corrected chi connectivity index (χ0v) is 20.4. The number of fused-ring (bicyclic) bond motifs is 1. The number of nitrogens with zero attached hydrogens (tertiary/aromatic N) is 5. The van der Waals surface area contributed by atoms with Crippen LogP contribution in [0.15, 0.2) is 59.3 Å². The molecule has 0 N–H and O–H groups in total. The van der Waals surface area contributed by atoms with Gasteiger partial charge in [0.25, 0.3) is 5.91 Å². The Bertz CT molecular complexity index is 1330. The molecule has 5 rings (SSSR count). The number of hydrogen-bond acceptors (Lipinski definition) is 7. The van der Waals surface area contributed by atoms with Gasteiger partial charge in [-0.2, -0.15) is 4.98 Å². The van der Waals surface area contributed by atoms with E-state index in [0.717, 1.165) is 10.9 Å². The van der Waals surface area contributed by atoms with Crippen molar-refractivity contribution in [2.45, 2.75) is 19.9 Å². The van der Waals surface area contributed by atoms with Gasteiger partial charge in [-0.05, 0) is 38.1 Å². The summed E-state index contributed by atoms with van der Waals surface area (Å²) in [6, 6.07) is 15.2. The number of piperazine rings is 1. The molecule has 4 aromatic rings. The summed E-state index contributed by atoms with van der Waals surface area (Å²) in [4.78, 5) is 25.8. The minimum absolute atomic E-state index is 0.0401. The summed E-state index contributed by atoms with van der Waals surface area (Å²) in [7, 11) is 0. The van der Waals surface area contributed by atoms with Crippen LogP contribution in [-0.4, -0.2) is 63.6 Å². The Morgan fingerprint density at radius 1 is 1.11 bits per heavy atom. The number of ether oxygens (including phenoxy) is 1. The van der Waals surface area contributed by atoms with Crippen LogP contribution in [0.3, 0.4) is 0 Å². The van der Waals surface area contributed by atoms with E-state index in [-0.39, 0.29) is 18.6 Å². The van der Waals surface area contributed by atoms with Crippen LogP contribution >= 0.6 is 11.6 Å². The fraction of sp³-hybridized carbons (Fsp3) is 0.308. The van der Waals surface area contributed by atoms with Crippen LogP contribution in [0.2, 0.25) is 5.02 Å². The normalized spacial score (nSPS) is 15.3. The van der Waals surface area contributed by atoms with Crippen molar-refractivity contribution >= 4 is 28.4 Å². The zero-order chi connectivity index (χ0) is 24.4. The van der Waals surface area contributed by atoms with Crippen LogP contribution in [0.25, 0.3) is 22.3 Å². The molecule has 2 aromatic carbocycles. The molecule has 1 unspecified atom stereocenters. The SMILES string of the molecule is Cc1ccc(-c2noc(C(C)N3CCN(C(=O)COc4ccc(Cl)c5cccnc45)CC3)n2)cc1. The first-order valence-corrected chi connectivity index (χ1v) is 12.0. The highest BCUT2D eigenvalue weighted by Gasteiger charge is 2.28. The Kier molecular flexibility index (Phi) is 6.66. The number of hydrogen-bond donors (Lipinski definition) is 0. The van der Waals surface area contributed by atoms with Crippen LogP contribution in [-0.2, 0) is 4.79 Å². The first-order chi connectivity index (χ1) is 17.0. The quantitative estimate of drug-likeness (QED) is 0.391. The Morgan fingerprint density at radius 2 is 1.89 bits per heavy atom. The van der Waals surface area contributed by atoms with E-state index in [1.807, 2.05) is 55.1 Å². The molecule has 9 heteroatoms. The molecule has 1 saturated heterocycles. The second kappa shape index (κ2) is 10.0. The average molecular weight is 492 g/mol. The number of halogens is 1. The molecule has 0 spiro atoms. The summed E-state index contributed by atoms with van der Waals surface area (Å²) in [5.41, 5.74) is 2.76. The van der Waals surface area contributed by atoms with Crippen molar-refractivity contribution in [1.82, 2.24) is 24.9 Å². The fourth-order valence-electron chi connectivity index (χ4n) is 4.20. The van der Waals surface area contributed by atoms with Crippen molar-refractivity contribution in [3.8, 4) is 17.1 Å². The van der Waals surface area contributed by atoms with Crippen LogP contribution in [0, 0.1) is 6.92 Å². The highest BCUT2D eigenvalue weighted by molar-refractivity contribution is 6.35. The molecule has 0 bridgehead atoms. The van der Waals surface area contributed by atoms with Gasteiger partial charge in [0.1, 0.15) is 11.3 Å². The molecule has 1 fully saturated rings. The number of amides is 1. The Hall–Kier alpha value is -3.49. The smallest absolute Gasteiger partial charge is 0.260 e. The lowest BCUT2D eigenvalue weighted by atomic mass is 10.1. The molecule has 35 heavy (non-hydrogen) atoms. The van der Waals surface area contributed by atoms with Gasteiger partial charge in [0, 0.05) is 43.3 Å². The topological polar surface area (TPSA) is 84.6 Å². The molecule has 1 atom stereocenters. The van der Waals surface area contributed by atoms with E-state index in [4.69, 9.17) is 20.9 Å². The molecular weight excluding hydrogens is 466 g/mol. The van der Waals surface area contributed by atoms with Gasteiger partial charge in [-0.1, -0.05) is 46.6 Å². The molecule has 1 aliphatic heterocycles. The first kappa shape index (κ1) is 23.3. The van der Waals surface area contributed by atoms with E-state index in [2.05, 4.69) is 20.0 Å². The van der Waals surface area contributed by atoms with Gasteiger partial charge in [0.2, 0.25) is 11.7 Å². The Morgan fingerprint density at radius 3 is 2.66 bits per heavy atom. The van der Waals surface area contributed by atoms with E-state index >= 15 is 0 Å². The van der Waals surface area contributed by atoms with Crippen molar-refractivity contribution in [3.05, 3.63) is 71.2 Å². The summed E-state index contributed by atoms with van der Waals surface area (Å²) in [5.74, 6) is 1.65. The van der Waals surface area contributed by atoms with E-state index in [0.29, 0.717) is 54.2 Å². The van der Waals surface area contributed by atoms with Gasteiger partial charge >= 0.3 is 0 Å². The summed E-state index contributed by atoms with van der Waals surface area (Å²) in [5, 5.41) is 5.55. The van der Waals surface area contributed by atoms with Crippen LogP contribution in [0.4, 0.5) is 0 Å². The number of pyridine rings is 1. The lowest BCUT2D eigenvalue weighted by Gasteiger charge is -2.36. The second-order valence-electron chi connectivity index (χ2n) is 8.65. The number of carbonyl (C=O) groups is 1. The summed E-state index contributed by atoms with van der Waals surface area (Å²) in [6.45, 7) is 6.66. The maximum Gasteiger partial charge on any atom is 0.260 e. The molecule has 0 aliphatic carbocycles. The molecule has 2 aromatic heterocycles. The predicted molar refractivity (Wildman–Crippen MR) is 133 cm³/mol. The number of aromatic nitrogens is 3. The molecule has 180 valence electrons. The summed E-state index contributed by atoms with van der Waals surface area (Å²) >= 11 is 6.24. The van der Waals surface area contributed by atoms with Crippen molar-refractivity contribution in [2.75, 3.05) is 32.8 Å². The first-order valence-electron chi connectivity index (χ1n) is 11.6. The van der Waals surface area contributed by atoms with Crippen LogP contribution in [0.5, 0.6) is 5.75 Å². The standard InChI is InChI=1S/C26H26ClN5O3/c1-17-5-7-19(8-6-17)25-29-26(35-30-25)18(2)31-12-14-32(15-13-31)23(33)16-34-22-10-9-21(27)20-4-3-11-28-24(20)22/h3-11,18H,12-16H2,1-2H3. The maximum absolute atomic E-state index is 12.8. The van der Waals surface area contributed by atoms with Crippen molar-refractivity contribution in [1.29, 1.82) is 0 Å². The van der Waals surface area contributed by atoms with Gasteiger partial charge in [0.05, 0.1) is 11.1 Å². The van der Waals surface area contributed by atoms with E-state index in [9.17, 15) is 4.79 Å². The molecule has 3 heterocycles. The molecule has 0 radical (unpaired) electrons. The molecule has 1 amide bonds. The summed E-state index contributed by atoms with van der Waals surface area (Å²) in [6.07, 6.45) is 1.68. The monoisotopic (exact) mass is 491 g/mol. The van der Waals surface area contributed by atoms with Crippen molar-refractivity contribution < 1.29 is 14.1 Å². The third-order valence-corrected chi connectivity index (χ3v) is 6.68. The number of rotatable bonds is 6. The lowest BCUT2D eigenvalue weighted by Crippen LogP contribution is -2.50. The van der Waals surface area contributed by atoms with E-state index in [1.165, 1.54) is 5.56 Å². The Labute approximate surface area is 208 Å². The Balaban J connectivity index is 1.16. The molecule has 0 saturated carbocycles. The largest absolute Gasteiger partial charge is 0.481 e. The zero-order valence-electron chi connectivity index (χ0n) is 19.6. The predicted octanol–water partition coefficient (Wildman–Crippen LogP) is 4.53. The third kappa shape index (κ3) is 4.99. The minimum atomic E-state index is -0.0595. The number of carbonyl (C=O) groups excluding carboxylic acids is 1. The third-order valence-electron chi connectivity index (χ3n) is 6.35. The second-order valence-corrected chi connectivity index (χ2v) is 9.06. The van der Waals surface area contributed by atoms with Gasteiger partial charge < -0.3 is 14.2 Å². The number of aryl methyl sites for hydroxylation is 1. The van der Waals surface area contributed by atoms with E-state index in [1.54, 1.807) is 18.3 Å². The van der Waals surface area contributed by atoms with E-state index < -0.39 is 0 Å². The molecular formula is C26H26ClN5O3. The van der Waals surface area contributed by atoms with Crippen molar-refractivity contribution in [2.24, 2.45) is 0 Å². The fourth-order valence-corrected chi connectivity index (χ4v) is 4.41. The van der Waals surface area contributed by atoms with Gasteiger partial charge in [-0.15, -0.1) is 0 Å². The summed E-state index contributed by atoms with van der Waals surface area (Å²) < 4.78 is 11.4. The van der Waals surface area contributed by atoms with Gasteiger partial charge in [0.15, 0.2) is 6.61 Å². The van der Waals surface area contributed by atoms with Gasteiger partial charge in [-0.3, -0.25) is 14.7 Å². The molecule has 8 nitrogen and oxygen atoms in total. The lowest BCUT2D eigenvalue weighted by molar-refractivity contribution is -0.135. The van der Waals surface area contributed by atoms with Crippen molar-refractivity contribution in [3.63, 3.8) is 0 Å². The average Bonchev–Trinajstić information content (AvgIpc) is 3.39. The van der Waals surface area contributed by atoms with Crippen LogP contribution in [0.1, 0.15) is 24.4 Å². The maximum atomic E-state index is 12.8. The highest BCUT2D eigenvalue weighted by atomic mass is 35.5. The minimum Gasteiger partial charge on any atom is -0.481 e. The molecule has 1 aliphatic rings. The van der Waals surface area contributed by atoms with Gasteiger partial charge in [-0.25, -0.2) is 0 Å². The van der Waals surface area contributed by atoms with Crippen LogP contribution < -0.4 is 4.74 Å².